The van der Waals surface area contributed by atoms with Gasteiger partial charge in [-0.3, -0.25) is 0 Å². The van der Waals surface area contributed by atoms with Gasteiger partial charge in [0, 0.05) is 15.6 Å². The van der Waals surface area contributed by atoms with Gasteiger partial charge in [-0.25, -0.2) is 0 Å². The number of para-hydroxylation sites is 1. The number of halogens is 1. The highest BCUT2D eigenvalue weighted by molar-refractivity contribution is 9.10. The summed E-state index contributed by atoms with van der Waals surface area (Å²) in [7, 11) is 1.62. The summed E-state index contributed by atoms with van der Waals surface area (Å²) < 4.78 is 6.19. The molecule has 0 fully saturated rings. The number of hydrogen-bond acceptors (Lipinski definition) is 2. The average Bonchev–Trinajstić information content (AvgIpc) is 2.32. The van der Waals surface area contributed by atoms with E-state index >= 15 is 0 Å². The third kappa shape index (κ3) is 2.04. The van der Waals surface area contributed by atoms with Gasteiger partial charge in [-0.05, 0) is 24.3 Å². The molecule has 0 heterocycles. The largest absolute Gasteiger partial charge is 0.507 e. The van der Waals surface area contributed by atoms with Crippen LogP contribution in [0.5, 0.6) is 11.5 Å². The van der Waals surface area contributed by atoms with Crippen molar-refractivity contribution in [2.24, 2.45) is 0 Å². The number of rotatable bonds is 2. The second kappa shape index (κ2) is 4.58. The fourth-order valence-electron chi connectivity index (χ4n) is 1.59. The first-order chi connectivity index (χ1) is 7.72. The summed E-state index contributed by atoms with van der Waals surface area (Å²) >= 11 is 3.39. The Morgan fingerprint density at radius 2 is 1.81 bits per heavy atom. The normalized spacial score (nSPS) is 10.1. The van der Waals surface area contributed by atoms with E-state index in [1.807, 2.05) is 30.3 Å². The Hall–Kier alpha value is -1.48. The Morgan fingerprint density at radius 3 is 2.56 bits per heavy atom. The van der Waals surface area contributed by atoms with E-state index < -0.39 is 0 Å². The minimum atomic E-state index is 0.243. The van der Waals surface area contributed by atoms with Crippen LogP contribution in [0.25, 0.3) is 11.1 Å². The van der Waals surface area contributed by atoms with Crippen LogP contribution in [0.1, 0.15) is 0 Å². The van der Waals surface area contributed by atoms with Gasteiger partial charge in [-0.2, -0.15) is 0 Å². The topological polar surface area (TPSA) is 29.5 Å². The first-order valence-electron chi connectivity index (χ1n) is 4.84. The highest BCUT2D eigenvalue weighted by atomic mass is 79.9. The van der Waals surface area contributed by atoms with Crippen molar-refractivity contribution in [3.8, 4) is 22.6 Å². The maximum Gasteiger partial charge on any atom is 0.126 e. The molecular formula is C13H11BrO2. The quantitative estimate of drug-likeness (QED) is 0.905. The Balaban J connectivity index is 2.62. The van der Waals surface area contributed by atoms with Gasteiger partial charge in [-0.15, -0.1) is 0 Å². The van der Waals surface area contributed by atoms with Crippen molar-refractivity contribution in [1.82, 2.24) is 0 Å². The molecule has 3 heteroatoms. The summed E-state index contributed by atoms with van der Waals surface area (Å²) in [6.07, 6.45) is 0. The lowest BCUT2D eigenvalue weighted by Gasteiger charge is -2.10. The lowest BCUT2D eigenvalue weighted by atomic mass is 10.0. The van der Waals surface area contributed by atoms with Crippen LogP contribution in [0.4, 0.5) is 0 Å². The maximum absolute atomic E-state index is 9.83. The molecule has 0 amide bonds. The zero-order chi connectivity index (χ0) is 11.5. The molecule has 0 radical (unpaired) electrons. The fraction of sp³-hybridized carbons (Fsp3) is 0.0769. The number of methoxy groups -OCH3 is 1. The predicted molar refractivity (Wildman–Crippen MR) is 67.8 cm³/mol. The number of aromatic hydroxyl groups is 1. The summed E-state index contributed by atoms with van der Waals surface area (Å²) in [5, 5.41) is 9.83. The van der Waals surface area contributed by atoms with Crippen LogP contribution in [0.3, 0.4) is 0 Å². The van der Waals surface area contributed by atoms with E-state index in [1.165, 1.54) is 0 Å². The van der Waals surface area contributed by atoms with Crippen LogP contribution in [-0.2, 0) is 0 Å². The first-order valence-corrected chi connectivity index (χ1v) is 5.63. The molecule has 0 aliphatic rings. The van der Waals surface area contributed by atoms with Crippen molar-refractivity contribution < 1.29 is 9.84 Å². The second-order valence-electron chi connectivity index (χ2n) is 3.36. The summed E-state index contributed by atoms with van der Waals surface area (Å²) in [4.78, 5) is 0. The molecular weight excluding hydrogens is 268 g/mol. The van der Waals surface area contributed by atoms with Gasteiger partial charge in [0.1, 0.15) is 11.5 Å². The number of phenolic OH excluding ortho intramolecular Hbond substituents is 1. The van der Waals surface area contributed by atoms with Crippen molar-refractivity contribution in [3.63, 3.8) is 0 Å². The highest BCUT2D eigenvalue weighted by Crippen LogP contribution is 2.36. The van der Waals surface area contributed by atoms with E-state index in [4.69, 9.17) is 4.74 Å². The Labute approximate surface area is 103 Å². The lowest BCUT2D eigenvalue weighted by Crippen LogP contribution is -1.87. The molecule has 2 rings (SSSR count). The fourth-order valence-corrected chi connectivity index (χ4v) is 1.95. The third-order valence-corrected chi connectivity index (χ3v) is 2.85. The first kappa shape index (κ1) is 11.0. The number of ether oxygens (including phenoxy) is 1. The van der Waals surface area contributed by atoms with Gasteiger partial charge in [0.2, 0.25) is 0 Å². The molecule has 1 N–H and O–H groups in total. The summed E-state index contributed by atoms with van der Waals surface area (Å²) in [6, 6.07) is 12.9. The molecule has 2 aromatic rings. The lowest BCUT2D eigenvalue weighted by molar-refractivity contribution is 0.415. The molecule has 0 unspecified atom stereocenters. The molecule has 0 atom stereocenters. The Morgan fingerprint density at radius 1 is 1.06 bits per heavy atom. The maximum atomic E-state index is 9.83. The minimum absolute atomic E-state index is 0.243. The Kier molecular flexibility index (Phi) is 3.15. The van der Waals surface area contributed by atoms with Crippen LogP contribution in [0.2, 0.25) is 0 Å². The molecule has 0 spiro atoms. The van der Waals surface area contributed by atoms with Gasteiger partial charge >= 0.3 is 0 Å². The average molecular weight is 279 g/mol. The second-order valence-corrected chi connectivity index (χ2v) is 4.28. The number of phenols is 1. The Bertz CT molecular complexity index is 509. The van der Waals surface area contributed by atoms with Gasteiger partial charge in [-0.1, -0.05) is 34.1 Å². The molecule has 0 saturated heterocycles. The predicted octanol–water partition coefficient (Wildman–Crippen LogP) is 3.83. The zero-order valence-electron chi connectivity index (χ0n) is 8.77. The zero-order valence-corrected chi connectivity index (χ0v) is 10.4. The third-order valence-electron chi connectivity index (χ3n) is 2.36. The van der Waals surface area contributed by atoms with E-state index in [2.05, 4.69) is 15.9 Å². The van der Waals surface area contributed by atoms with E-state index in [-0.39, 0.29) is 5.75 Å². The SMILES string of the molecule is COc1ccccc1-c1cc(Br)ccc1O. The molecule has 0 aliphatic carbocycles. The minimum Gasteiger partial charge on any atom is -0.507 e. The molecule has 2 nitrogen and oxygen atoms in total. The number of hydrogen-bond donors (Lipinski definition) is 1. The van der Waals surface area contributed by atoms with E-state index in [1.54, 1.807) is 19.2 Å². The van der Waals surface area contributed by atoms with Crippen LogP contribution in [0, 0.1) is 0 Å². The summed E-state index contributed by atoms with van der Waals surface area (Å²) in [6.45, 7) is 0. The van der Waals surface area contributed by atoms with Crippen LogP contribution in [0.15, 0.2) is 46.9 Å². The number of benzene rings is 2. The van der Waals surface area contributed by atoms with Crippen LogP contribution >= 0.6 is 15.9 Å². The van der Waals surface area contributed by atoms with Crippen molar-refractivity contribution in [2.75, 3.05) is 7.11 Å². The van der Waals surface area contributed by atoms with E-state index in [0.717, 1.165) is 21.3 Å². The molecule has 0 saturated carbocycles. The van der Waals surface area contributed by atoms with Gasteiger partial charge in [0.15, 0.2) is 0 Å². The standard InChI is InChI=1S/C13H11BrO2/c1-16-13-5-3-2-4-10(13)11-8-9(14)6-7-12(11)15/h2-8,15H,1H3. The van der Waals surface area contributed by atoms with Gasteiger partial charge in [0.05, 0.1) is 7.11 Å². The van der Waals surface area contributed by atoms with Crippen molar-refractivity contribution in [2.45, 2.75) is 0 Å². The van der Waals surface area contributed by atoms with Crippen molar-refractivity contribution >= 4 is 15.9 Å². The monoisotopic (exact) mass is 278 g/mol. The van der Waals surface area contributed by atoms with E-state index in [0.29, 0.717) is 0 Å². The highest BCUT2D eigenvalue weighted by Gasteiger charge is 2.09. The smallest absolute Gasteiger partial charge is 0.126 e. The molecule has 16 heavy (non-hydrogen) atoms. The van der Waals surface area contributed by atoms with Crippen LogP contribution < -0.4 is 4.74 Å². The summed E-state index contributed by atoms with van der Waals surface area (Å²) in [5.74, 6) is 0.989. The van der Waals surface area contributed by atoms with Gasteiger partial charge < -0.3 is 9.84 Å². The summed E-state index contributed by atoms with van der Waals surface area (Å²) in [5.41, 5.74) is 1.63. The molecule has 2 aromatic carbocycles. The molecule has 0 bridgehead atoms. The van der Waals surface area contributed by atoms with Crippen molar-refractivity contribution in [3.05, 3.63) is 46.9 Å². The van der Waals surface area contributed by atoms with Crippen molar-refractivity contribution in [1.29, 1.82) is 0 Å². The van der Waals surface area contributed by atoms with Crippen LogP contribution in [-0.4, -0.2) is 12.2 Å². The molecule has 0 aromatic heterocycles. The van der Waals surface area contributed by atoms with Gasteiger partial charge in [0.25, 0.3) is 0 Å². The van der Waals surface area contributed by atoms with E-state index in [9.17, 15) is 5.11 Å². The molecule has 0 aliphatic heterocycles. The molecule has 82 valence electrons.